The van der Waals surface area contributed by atoms with E-state index in [1.54, 1.807) is 6.92 Å². The number of nitrogens with two attached hydrogens (primary N) is 1. The van der Waals surface area contributed by atoms with Crippen molar-refractivity contribution < 1.29 is 49.1 Å². The van der Waals surface area contributed by atoms with E-state index in [1.807, 2.05) is 0 Å². The Labute approximate surface area is 253 Å². The van der Waals surface area contributed by atoms with Gasteiger partial charge in [0.05, 0.1) is 17.5 Å². The molecule has 13 heteroatoms. The number of Topliss-reactive ketones (excluding diaryl/α,β-unsaturated/α-hetero) is 2. The van der Waals surface area contributed by atoms with Gasteiger partial charge in [-0.3, -0.25) is 28.9 Å². The highest BCUT2D eigenvalue weighted by molar-refractivity contribution is 6.25. The Morgan fingerprint density at radius 1 is 1.11 bits per heavy atom. The molecule has 0 aromatic heterocycles. The minimum Gasteiger partial charge on any atom is -0.510 e. The molecule has 0 saturated heterocycles. The van der Waals surface area contributed by atoms with Gasteiger partial charge in [0.25, 0.3) is 5.91 Å². The molecule has 0 radical (unpaired) electrons. The lowest BCUT2D eigenvalue weighted by atomic mass is 9.55. The van der Waals surface area contributed by atoms with Crippen LogP contribution in [-0.4, -0.2) is 86.5 Å². The summed E-state index contributed by atoms with van der Waals surface area (Å²) in [7, 11) is 2.95. The number of aliphatic hydroxyl groups is 3. The summed E-state index contributed by atoms with van der Waals surface area (Å²) < 4.78 is 5.86. The molecule has 1 aromatic rings. The van der Waals surface area contributed by atoms with Gasteiger partial charge < -0.3 is 36.2 Å². The average Bonchev–Trinajstić information content (AvgIpc) is 3.50. The number of primary amides is 1. The van der Waals surface area contributed by atoms with Crippen molar-refractivity contribution in [3.8, 4) is 5.75 Å². The number of rotatable bonds is 6. The minimum atomic E-state index is -3.02. The van der Waals surface area contributed by atoms with Crippen molar-refractivity contribution in [1.29, 1.82) is 0 Å². The summed E-state index contributed by atoms with van der Waals surface area (Å²) in [5, 5.41) is 48.7. The predicted octanol–water partition coefficient (Wildman–Crippen LogP) is 1.74. The lowest BCUT2D eigenvalue weighted by Gasteiger charge is -2.54. The van der Waals surface area contributed by atoms with Crippen LogP contribution in [0.4, 0.5) is 5.69 Å². The molecule has 236 valence electrons. The number of anilines is 1. The number of hydrogen-bond acceptors (Lipinski definition) is 11. The number of benzene rings is 1. The van der Waals surface area contributed by atoms with Crippen molar-refractivity contribution in [2.24, 2.45) is 23.5 Å². The number of nitrogens with zero attached hydrogens (tertiary/aromatic N) is 1. The predicted molar refractivity (Wildman–Crippen MR) is 155 cm³/mol. The molecular weight excluding hydrogens is 574 g/mol. The summed E-state index contributed by atoms with van der Waals surface area (Å²) in [6.45, 7) is 3.16. The fraction of sp³-hybridized carbons (Fsp3) is 0.516. The first-order valence-electron chi connectivity index (χ1n) is 14.7. The Kier molecular flexibility index (Phi) is 7.83. The van der Waals surface area contributed by atoms with Crippen LogP contribution in [0.5, 0.6) is 5.75 Å². The smallest absolute Gasteiger partial charge is 0.305 e. The van der Waals surface area contributed by atoms with Gasteiger partial charge >= 0.3 is 5.97 Å². The van der Waals surface area contributed by atoms with Gasteiger partial charge in [-0.1, -0.05) is 26.7 Å². The zero-order valence-electron chi connectivity index (χ0n) is 24.9. The molecule has 44 heavy (non-hydrogen) atoms. The molecule has 0 unspecified atom stereocenters. The van der Waals surface area contributed by atoms with Gasteiger partial charge in [-0.05, 0) is 50.6 Å². The summed E-state index contributed by atoms with van der Waals surface area (Å²) in [6, 6.07) is 1.31. The summed E-state index contributed by atoms with van der Waals surface area (Å²) in [4.78, 5) is 67.7. The van der Waals surface area contributed by atoms with Crippen LogP contribution in [0.2, 0.25) is 0 Å². The number of amides is 2. The summed E-state index contributed by atoms with van der Waals surface area (Å²) in [5.74, 6) is -11.0. The van der Waals surface area contributed by atoms with Crippen LogP contribution < -0.4 is 11.1 Å². The SMILES string of the molecule is CCC(=O)O[C@H]1[C@H]2C(=C(O)[C@]3(O)C(=O)C(C(N)=O)=C(O)[C@@H](N(C)C)[C@H]13)C(=O)c1c(O)ccc(NC(=O)C3CCCC3)c1[C@@H]2C. The first-order valence-corrected chi connectivity index (χ1v) is 14.7. The van der Waals surface area contributed by atoms with E-state index >= 15 is 0 Å². The highest BCUT2D eigenvalue weighted by Gasteiger charge is 2.68. The van der Waals surface area contributed by atoms with E-state index in [2.05, 4.69) is 5.32 Å². The van der Waals surface area contributed by atoms with Crippen molar-refractivity contribution in [1.82, 2.24) is 4.90 Å². The first kappa shape index (κ1) is 31.2. The van der Waals surface area contributed by atoms with Crippen molar-refractivity contribution in [2.45, 2.75) is 69.6 Å². The number of carbonyl (C=O) groups excluding carboxylic acids is 5. The summed E-state index contributed by atoms with van der Waals surface area (Å²) >= 11 is 0. The molecule has 13 nitrogen and oxygen atoms in total. The normalized spacial score (nSPS) is 30.2. The zero-order chi connectivity index (χ0) is 32.4. The van der Waals surface area contributed by atoms with Crippen LogP contribution in [-0.2, 0) is 23.9 Å². The second-order valence-corrected chi connectivity index (χ2v) is 12.3. The van der Waals surface area contributed by atoms with Crippen LogP contribution in [0.25, 0.3) is 0 Å². The van der Waals surface area contributed by atoms with Gasteiger partial charge in [0, 0.05) is 29.5 Å². The second kappa shape index (κ2) is 11.0. The minimum absolute atomic E-state index is 0.128. The molecule has 6 atom stereocenters. The van der Waals surface area contributed by atoms with Gasteiger partial charge in [0.2, 0.25) is 11.7 Å². The number of hydrogen-bond donors (Lipinski definition) is 6. The van der Waals surface area contributed by atoms with Crippen LogP contribution in [0.15, 0.2) is 34.8 Å². The van der Waals surface area contributed by atoms with E-state index in [1.165, 1.54) is 38.1 Å². The molecule has 1 fully saturated rings. The van der Waals surface area contributed by atoms with Crippen LogP contribution in [0.1, 0.15) is 67.8 Å². The van der Waals surface area contributed by atoms with Gasteiger partial charge in [-0.15, -0.1) is 0 Å². The number of carbonyl (C=O) groups is 5. The van der Waals surface area contributed by atoms with Gasteiger partial charge in [-0.25, -0.2) is 0 Å². The molecule has 4 aliphatic rings. The van der Waals surface area contributed by atoms with Crippen LogP contribution >= 0.6 is 0 Å². The Morgan fingerprint density at radius 2 is 1.75 bits per heavy atom. The number of aromatic hydroxyl groups is 1. The number of phenols is 1. The summed E-state index contributed by atoms with van der Waals surface area (Å²) in [6.07, 6.45) is 1.61. The monoisotopic (exact) mass is 611 g/mol. The quantitative estimate of drug-likeness (QED) is 0.155. The third kappa shape index (κ3) is 4.40. The van der Waals surface area contributed by atoms with Gasteiger partial charge in [-0.2, -0.15) is 0 Å². The fourth-order valence-electron chi connectivity index (χ4n) is 7.58. The highest BCUT2D eigenvalue weighted by Crippen LogP contribution is 2.57. The number of nitrogens with one attached hydrogen (secondary N) is 1. The zero-order valence-corrected chi connectivity index (χ0v) is 24.9. The Morgan fingerprint density at radius 3 is 2.32 bits per heavy atom. The molecule has 7 N–H and O–H groups in total. The number of phenolic OH excluding ortho intramolecular Hbond substituents is 1. The van der Waals surface area contributed by atoms with E-state index in [4.69, 9.17) is 10.5 Å². The van der Waals surface area contributed by atoms with Crippen molar-refractivity contribution in [3.05, 3.63) is 45.9 Å². The molecule has 0 bridgehead atoms. The number of ether oxygens (including phenoxy) is 1. The lowest BCUT2D eigenvalue weighted by molar-refractivity contribution is -0.180. The molecule has 4 aliphatic carbocycles. The molecule has 5 rings (SSSR count). The molecule has 0 spiro atoms. The molecule has 2 amide bonds. The first-order chi connectivity index (χ1) is 20.7. The van der Waals surface area contributed by atoms with Crippen LogP contribution in [0, 0.1) is 17.8 Å². The Bertz CT molecular complexity index is 1540. The number of likely N-dealkylation sites (N-methyl/N-ethyl adjacent to an activating group) is 1. The number of fused-ring (bicyclic) bond motifs is 3. The molecule has 0 aliphatic heterocycles. The largest absolute Gasteiger partial charge is 0.510 e. The number of esters is 1. The maximum absolute atomic E-state index is 14.2. The number of aliphatic hydroxyl groups excluding tert-OH is 2. The van der Waals surface area contributed by atoms with Crippen molar-refractivity contribution >= 4 is 35.0 Å². The van der Waals surface area contributed by atoms with E-state index in [0.717, 1.165) is 12.8 Å². The Balaban J connectivity index is 1.78. The topological polar surface area (TPSA) is 217 Å². The average molecular weight is 612 g/mol. The molecule has 1 aromatic carbocycles. The third-order valence-electron chi connectivity index (χ3n) is 9.62. The summed E-state index contributed by atoms with van der Waals surface area (Å²) in [5.41, 5.74) is 1.14. The van der Waals surface area contributed by atoms with E-state index in [-0.39, 0.29) is 35.1 Å². The third-order valence-corrected chi connectivity index (χ3v) is 9.62. The van der Waals surface area contributed by atoms with Gasteiger partial charge in [0.15, 0.2) is 11.4 Å². The fourth-order valence-corrected chi connectivity index (χ4v) is 7.58. The molecule has 0 heterocycles. The van der Waals surface area contributed by atoms with Crippen molar-refractivity contribution in [2.75, 3.05) is 19.4 Å². The maximum atomic E-state index is 14.2. The van der Waals surface area contributed by atoms with E-state index < -0.39 is 87.4 Å². The van der Waals surface area contributed by atoms with E-state index in [0.29, 0.717) is 12.8 Å². The van der Waals surface area contributed by atoms with Crippen LogP contribution in [0.3, 0.4) is 0 Å². The van der Waals surface area contributed by atoms with Crippen molar-refractivity contribution in [3.63, 3.8) is 0 Å². The number of ketones is 2. The van der Waals surface area contributed by atoms with E-state index in [9.17, 15) is 44.4 Å². The second-order valence-electron chi connectivity index (χ2n) is 12.3. The van der Waals surface area contributed by atoms with Gasteiger partial charge in [0.1, 0.15) is 28.9 Å². The molecular formula is C31H37N3O10. The maximum Gasteiger partial charge on any atom is 0.305 e. The molecule has 1 saturated carbocycles. The lowest BCUT2D eigenvalue weighted by Crippen LogP contribution is -2.69. The Hall–Kier alpha value is -4.23. The standard InChI is InChI=1S/C31H37N3O10/c1-5-16(36)44-26-18-12(2)17-14(33-30(42)13-8-6-7-9-13)10-11-15(35)19(17)24(37)20(18)27(39)31(43)22(26)23(34(3)4)25(38)21(28(31)40)29(32)41/h10-13,18,22-23,26,35,38-39,43H,5-9H2,1-4H3,(H2,32,41)(H,33,42)/t12-,18+,22+,23-,26-,31-/m0/s1. The highest BCUT2D eigenvalue weighted by atomic mass is 16.5.